The Morgan fingerprint density at radius 1 is 1.29 bits per heavy atom. The van der Waals surface area contributed by atoms with Gasteiger partial charge in [-0.15, -0.1) is 0 Å². The number of hydrogen-bond acceptors (Lipinski definition) is 3. The summed E-state index contributed by atoms with van der Waals surface area (Å²) in [5.74, 6) is 0. The predicted molar refractivity (Wildman–Crippen MR) is 84.6 cm³/mol. The largest absolute Gasteiger partial charge is 0.448 e. The topological polar surface area (TPSA) is 41.6 Å². The summed E-state index contributed by atoms with van der Waals surface area (Å²) >= 11 is 0. The summed E-state index contributed by atoms with van der Waals surface area (Å²) in [6.45, 7) is 11.4. The minimum absolute atomic E-state index is 0.163. The van der Waals surface area contributed by atoms with Crippen LogP contribution in [-0.4, -0.2) is 37.2 Å². The van der Waals surface area contributed by atoms with E-state index in [1.165, 1.54) is 22.3 Å². The molecule has 21 heavy (non-hydrogen) atoms. The number of ether oxygens (including phenoxy) is 1. The van der Waals surface area contributed by atoms with E-state index >= 15 is 0 Å². The lowest BCUT2D eigenvalue weighted by Gasteiger charge is -2.26. The molecule has 0 radical (unpaired) electrons. The van der Waals surface area contributed by atoms with Crippen LogP contribution in [0.1, 0.15) is 41.6 Å². The molecule has 2 rings (SSSR count). The first-order valence-corrected chi connectivity index (χ1v) is 7.75. The van der Waals surface area contributed by atoms with Gasteiger partial charge in [0.1, 0.15) is 6.61 Å². The van der Waals surface area contributed by atoms with Crippen LogP contribution in [0.3, 0.4) is 0 Å². The molecule has 1 amide bonds. The van der Waals surface area contributed by atoms with E-state index in [2.05, 4.69) is 45.1 Å². The molecule has 4 nitrogen and oxygen atoms in total. The third-order valence-electron chi connectivity index (χ3n) is 3.98. The number of carbonyl (C=O) groups is 1. The van der Waals surface area contributed by atoms with E-state index in [4.69, 9.17) is 4.74 Å². The second-order valence-electron chi connectivity index (χ2n) is 5.88. The molecule has 1 N–H and O–H groups in total. The zero-order chi connectivity index (χ0) is 15.4. The fourth-order valence-corrected chi connectivity index (χ4v) is 3.13. The molecule has 4 heteroatoms. The molecule has 1 heterocycles. The lowest BCUT2D eigenvalue weighted by Crippen LogP contribution is -2.36. The molecule has 1 aromatic rings. The summed E-state index contributed by atoms with van der Waals surface area (Å²) in [4.78, 5) is 13.5. The average molecular weight is 290 g/mol. The number of carbonyl (C=O) groups excluding carboxylic acids is 1. The van der Waals surface area contributed by atoms with Crippen molar-refractivity contribution in [1.29, 1.82) is 0 Å². The molecule has 1 aliphatic heterocycles. The van der Waals surface area contributed by atoms with Gasteiger partial charge in [-0.05, 0) is 50.4 Å². The van der Waals surface area contributed by atoms with Gasteiger partial charge >= 0.3 is 6.09 Å². The Balaban J connectivity index is 2.25. The second-order valence-corrected chi connectivity index (χ2v) is 5.88. The van der Waals surface area contributed by atoms with Crippen LogP contribution in [0.25, 0.3) is 0 Å². The summed E-state index contributed by atoms with van der Waals surface area (Å²) in [5.41, 5.74) is 5.17. The van der Waals surface area contributed by atoms with E-state index < -0.39 is 0 Å². The maximum atomic E-state index is 11.7. The normalized spacial score (nSPS) is 16.2. The fourth-order valence-electron chi connectivity index (χ4n) is 3.13. The highest BCUT2D eigenvalue weighted by Crippen LogP contribution is 2.25. The zero-order valence-electron chi connectivity index (χ0n) is 13.5. The Kier molecular flexibility index (Phi) is 5.23. The SMILES string of the molecule is CCCNC(CN1CCOC1=O)c1c(C)cc(C)cc1C. The first-order valence-electron chi connectivity index (χ1n) is 7.75. The summed E-state index contributed by atoms with van der Waals surface area (Å²) in [7, 11) is 0. The van der Waals surface area contributed by atoms with Gasteiger partial charge in [0.05, 0.1) is 12.6 Å². The summed E-state index contributed by atoms with van der Waals surface area (Å²) in [5, 5.41) is 3.58. The maximum absolute atomic E-state index is 11.7. The molecule has 1 aliphatic rings. The van der Waals surface area contributed by atoms with Gasteiger partial charge in [0, 0.05) is 6.54 Å². The number of nitrogens with one attached hydrogen (secondary N) is 1. The van der Waals surface area contributed by atoms with E-state index in [0.29, 0.717) is 19.7 Å². The van der Waals surface area contributed by atoms with Gasteiger partial charge in [0.25, 0.3) is 0 Å². The van der Waals surface area contributed by atoms with E-state index in [0.717, 1.165) is 13.0 Å². The van der Waals surface area contributed by atoms with Crippen molar-refractivity contribution in [2.45, 2.75) is 40.2 Å². The molecule has 1 saturated heterocycles. The van der Waals surface area contributed by atoms with Gasteiger partial charge in [-0.1, -0.05) is 24.6 Å². The average Bonchev–Trinajstić information content (AvgIpc) is 2.80. The van der Waals surface area contributed by atoms with Crippen LogP contribution in [0.4, 0.5) is 4.79 Å². The lowest BCUT2D eigenvalue weighted by molar-refractivity contribution is 0.155. The Labute approximate surface area is 127 Å². The Bertz CT molecular complexity index is 491. The van der Waals surface area contributed by atoms with Gasteiger partial charge in [0.2, 0.25) is 0 Å². The standard InChI is InChI=1S/C17H26N2O2/c1-5-6-18-15(11-19-7-8-21-17(19)20)16-13(3)9-12(2)10-14(16)4/h9-10,15,18H,5-8,11H2,1-4H3. The highest BCUT2D eigenvalue weighted by atomic mass is 16.6. The van der Waals surface area contributed by atoms with Crippen molar-refractivity contribution in [1.82, 2.24) is 10.2 Å². The Morgan fingerprint density at radius 2 is 1.95 bits per heavy atom. The van der Waals surface area contributed by atoms with Crippen LogP contribution in [0.15, 0.2) is 12.1 Å². The van der Waals surface area contributed by atoms with Crippen molar-refractivity contribution in [2.24, 2.45) is 0 Å². The molecule has 0 bridgehead atoms. The van der Waals surface area contributed by atoms with E-state index in [1.807, 2.05) is 0 Å². The number of aryl methyl sites for hydroxylation is 3. The third kappa shape index (κ3) is 3.76. The molecule has 1 aromatic carbocycles. The minimum atomic E-state index is -0.194. The third-order valence-corrected chi connectivity index (χ3v) is 3.98. The first kappa shape index (κ1) is 15.8. The van der Waals surface area contributed by atoms with E-state index in [1.54, 1.807) is 4.90 Å². The van der Waals surface area contributed by atoms with Crippen LogP contribution in [0, 0.1) is 20.8 Å². The number of hydrogen-bond donors (Lipinski definition) is 1. The molecular formula is C17H26N2O2. The maximum Gasteiger partial charge on any atom is 0.410 e. The van der Waals surface area contributed by atoms with Gasteiger partial charge in [-0.3, -0.25) is 0 Å². The molecule has 1 atom stereocenters. The molecule has 116 valence electrons. The summed E-state index contributed by atoms with van der Waals surface area (Å²) in [6.07, 6.45) is 0.881. The lowest BCUT2D eigenvalue weighted by atomic mass is 9.93. The summed E-state index contributed by atoms with van der Waals surface area (Å²) in [6, 6.07) is 4.59. The number of benzene rings is 1. The van der Waals surface area contributed by atoms with Gasteiger partial charge in [0.15, 0.2) is 0 Å². The monoisotopic (exact) mass is 290 g/mol. The Morgan fingerprint density at radius 3 is 2.48 bits per heavy atom. The number of rotatable bonds is 6. The van der Waals surface area contributed by atoms with Crippen LogP contribution < -0.4 is 5.32 Å². The van der Waals surface area contributed by atoms with E-state index in [-0.39, 0.29) is 12.1 Å². The van der Waals surface area contributed by atoms with Crippen molar-refractivity contribution < 1.29 is 9.53 Å². The second kappa shape index (κ2) is 6.94. The van der Waals surface area contributed by atoms with Crippen molar-refractivity contribution in [3.8, 4) is 0 Å². The minimum Gasteiger partial charge on any atom is -0.448 e. The fraction of sp³-hybridized carbons (Fsp3) is 0.588. The molecule has 0 aliphatic carbocycles. The molecule has 0 saturated carbocycles. The smallest absolute Gasteiger partial charge is 0.410 e. The first-order chi connectivity index (χ1) is 10.0. The van der Waals surface area contributed by atoms with Crippen molar-refractivity contribution in [3.05, 3.63) is 34.4 Å². The predicted octanol–water partition coefficient (Wildman–Crippen LogP) is 3.10. The molecule has 0 aromatic heterocycles. The van der Waals surface area contributed by atoms with Gasteiger partial charge < -0.3 is 15.0 Å². The Hall–Kier alpha value is -1.55. The van der Waals surface area contributed by atoms with Crippen molar-refractivity contribution in [3.63, 3.8) is 0 Å². The highest BCUT2D eigenvalue weighted by molar-refractivity contribution is 5.69. The highest BCUT2D eigenvalue weighted by Gasteiger charge is 2.26. The molecule has 0 spiro atoms. The van der Waals surface area contributed by atoms with Crippen LogP contribution in [0.2, 0.25) is 0 Å². The molecular weight excluding hydrogens is 264 g/mol. The van der Waals surface area contributed by atoms with Crippen LogP contribution >= 0.6 is 0 Å². The van der Waals surface area contributed by atoms with Gasteiger partial charge in [-0.25, -0.2) is 4.79 Å². The number of cyclic esters (lactones) is 1. The zero-order valence-corrected chi connectivity index (χ0v) is 13.5. The number of amides is 1. The summed E-state index contributed by atoms with van der Waals surface area (Å²) < 4.78 is 5.05. The van der Waals surface area contributed by atoms with Crippen molar-refractivity contribution in [2.75, 3.05) is 26.2 Å². The number of nitrogens with zero attached hydrogens (tertiary/aromatic N) is 1. The van der Waals surface area contributed by atoms with Crippen LogP contribution in [-0.2, 0) is 4.74 Å². The quantitative estimate of drug-likeness (QED) is 0.875. The molecule has 1 fully saturated rings. The molecule has 1 unspecified atom stereocenters. The van der Waals surface area contributed by atoms with E-state index in [9.17, 15) is 4.79 Å². The van der Waals surface area contributed by atoms with Gasteiger partial charge in [-0.2, -0.15) is 0 Å². The van der Waals surface area contributed by atoms with Crippen molar-refractivity contribution >= 4 is 6.09 Å². The van der Waals surface area contributed by atoms with Crippen LogP contribution in [0.5, 0.6) is 0 Å².